The van der Waals surface area contributed by atoms with Gasteiger partial charge in [-0.1, -0.05) is 23.2 Å². The van der Waals surface area contributed by atoms with Crippen LogP contribution in [-0.4, -0.2) is 72.5 Å². The Morgan fingerprint density at radius 2 is 1.83 bits per heavy atom. The molecule has 0 spiro atoms. The molecule has 1 aromatic carbocycles. The van der Waals surface area contributed by atoms with E-state index in [1.165, 1.54) is 25.3 Å². The number of imidazole rings is 1. The van der Waals surface area contributed by atoms with Crippen molar-refractivity contribution in [3.8, 4) is 11.3 Å². The fourth-order valence-electron chi connectivity index (χ4n) is 4.14. The minimum Gasteiger partial charge on any atom is -0.340 e. The van der Waals surface area contributed by atoms with Crippen molar-refractivity contribution in [2.75, 3.05) is 36.7 Å². The summed E-state index contributed by atoms with van der Waals surface area (Å²) in [4.78, 5) is 20.2. The SMILES string of the molecule is CC(=O)N1CCN(Cc2c(-c3ccc(Cl)cc3Cl)nc3ccc(N(C(F)F)S(C)(=O)=O)cn23)CC1. The van der Waals surface area contributed by atoms with Crippen LogP contribution in [0.15, 0.2) is 36.5 Å². The zero-order valence-electron chi connectivity index (χ0n) is 19.0. The number of amides is 1. The molecule has 0 aliphatic carbocycles. The second-order valence-electron chi connectivity index (χ2n) is 8.27. The first-order valence-corrected chi connectivity index (χ1v) is 13.3. The standard InChI is InChI=1S/C22H23Cl2F2N5O3S/c1-14(32)29-9-7-28(8-10-29)13-19-21(17-5-3-15(23)11-18(17)24)27-20-6-4-16(12-30(19)20)31(22(25)26)35(2,33)34/h3-6,11-12,22H,7-10,13H2,1-2H3. The minimum atomic E-state index is -4.23. The quantitative estimate of drug-likeness (QED) is 0.438. The molecule has 1 aliphatic heterocycles. The molecule has 0 bridgehead atoms. The summed E-state index contributed by atoms with van der Waals surface area (Å²) in [6, 6.07) is 7.77. The van der Waals surface area contributed by atoms with Crippen LogP contribution >= 0.6 is 23.2 Å². The molecule has 1 amide bonds. The van der Waals surface area contributed by atoms with Gasteiger partial charge in [0, 0.05) is 56.4 Å². The highest BCUT2D eigenvalue weighted by Gasteiger charge is 2.28. The van der Waals surface area contributed by atoms with Crippen LogP contribution in [0, 0.1) is 0 Å². The lowest BCUT2D eigenvalue weighted by molar-refractivity contribution is -0.130. The normalized spacial score (nSPS) is 15.2. The highest BCUT2D eigenvalue weighted by atomic mass is 35.5. The summed E-state index contributed by atoms with van der Waals surface area (Å²) in [5, 5.41) is 0.821. The molecule has 0 unspecified atom stereocenters. The Hall–Kier alpha value is -2.47. The van der Waals surface area contributed by atoms with Gasteiger partial charge in [0.15, 0.2) is 0 Å². The van der Waals surface area contributed by atoms with Gasteiger partial charge in [-0.25, -0.2) is 17.7 Å². The number of aromatic nitrogens is 2. The van der Waals surface area contributed by atoms with Crippen molar-refractivity contribution in [3.05, 3.63) is 52.3 Å². The summed E-state index contributed by atoms with van der Waals surface area (Å²) in [5.41, 5.74) is 2.03. The maximum Gasteiger partial charge on any atom is 0.327 e. The number of alkyl halides is 2. The molecule has 4 rings (SSSR count). The molecule has 13 heteroatoms. The highest BCUT2D eigenvalue weighted by Crippen LogP contribution is 2.34. The zero-order valence-corrected chi connectivity index (χ0v) is 21.3. The van der Waals surface area contributed by atoms with Crippen molar-refractivity contribution in [2.24, 2.45) is 0 Å². The Morgan fingerprint density at radius 1 is 1.14 bits per heavy atom. The van der Waals surface area contributed by atoms with Gasteiger partial charge in [-0.3, -0.25) is 14.1 Å². The third-order valence-electron chi connectivity index (χ3n) is 5.87. The second-order valence-corrected chi connectivity index (χ2v) is 11.0. The lowest BCUT2D eigenvalue weighted by Crippen LogP contribution is -2.47. The number of nitrogens with zero attached hydrogens (tertiary/aromatic N) is 5. The van der Waals surface area contributed by atoms with Crippen LogP contribution in [0.4, 0.5) is 14.5 Å². The van der Waals surface area contributed by atoms with E-state index in [4.69, 9.17) is 23.2 Å². The molecule has 0 atom stereocenters. The lowest BCUT2D eigenvalue weighted by atomic mass is 10.1. The maximum absolute atomic E-state index is 13.7. The van der Waals surface area contributed by atoms with Gasteiger partial charge >= 0.3 is 6.55 Å². The van der Waals surface area contributed by atoms with E-state index in [1.807, 2.05) is 0 Å². The predicted molar refractivity (Wildman–Crippen MR) is 132 cm³/mol. The molecule has 35 heavy (non-hydrogen) atoms. The third kappa shape index (κ3) is 5.37. The molecule has 8 nitrogen and oxygen atoms in total. The number of piperazine rings is 1. The largest absolute Gasteiger partial charge is 0.340 e. The average molecular weight is 546 g/mol. The van der Waals surface area contributed by atoms with E-state index in [2.05, 4.69) is 9.88 Å². The summed E-state index contributed by atoms with van der Waals surface area (Å²) in [7, 11) is -4.23. The zero-order chi connectivity index (χ0) is 25.5. The monoisotopic (exact) mass is 545 g/mol. The Labute approximate surface area is 211 Å². The molecule has 2 aromatic heterocycles. The Kier molecular flexibility index (Phi) is 7.23. The van der Waals surface area contributed by atoms with E-state index in [0.29, 0.717) is 65.4 Å². The number of hydrogen-bond donors (Lipinski definition) is 0. The van der Waals surface area contributed by atoms with Crippen LogP contribution < -0.4 is 4.31 Å². The number of halogens is 4. The number of anilines is 1. The smallest absolute Gasteiger partial charge is 0.327 e. The van der Waals surface area contributed by atoms with E-state index in [1.54, 1.807) is 27.5 Å². The minimum absolute atomic E-state index is 0.00518. The van der Waals surface area contributed by atoms with E-state index >= 15 is 0 Å². The molecule has 1 saturated heterocycles. The van der Waals surface area contributed by atoms with Gasteiger partial charge in [-0.05, 0) is 30.3 Å². The molecule has 1 aliphatic rings. The fraction of sp³-hybridized carbons (Fsp3) is 0.364. The number of carbonyl (C=O) groups is 1. The summed E-state index contributed by atoms with van der Waals surface area (Å²) >= 11 is 12.5. The van der Waals surface area contributed by atoms with Crippen LogP contribution in [-0.2, 0) is 21.4 Å². The molecular weight excluding hydrogens is 523 g/mol. The van der Waals surface area contributed by atoms with Gasteiger partial charge in [0.1, 0.15) is 5.65 Å². The molecular formula is C22H23Cl2F2N5O3S. The number of sulfonamides is 1. The number of rotatable bonds is 6. The average Bonchev–Trinajstić information content (AvgIpc) is 3.10. The Bertz CT molecular complexity index is 1370. The van der Waals surface area contributed by atoms with Crippen molar-refractivity contribution < 1.29 is 22.0 Å². The van der Waals surface area contributed by atoms with E-state index in [9.17, 15) is 22.0 Å². The third-order valence-corrected chi connectivity index (χ3v) is 7.50. The summed E-state index contributed by atoms with van der Waals surface area (Å²) in [5.74, 6) is 0.00518. The molecule has 0 N–H and O–H groups in total. The van der Waals surface area contributed by atoms with Crippen molar-refractivity contribution in [1.29, 1.82) is 0 Å². The summed E-state index contributed by atoms with van der Waals surface area (Å²) in [6.45, 7) is 0.971. The van der Waals surface area contributed by atoms with E-state index in [0.717, 1.165) is 6.26 Å². The van der Waals surface area contributed by atoms with E-state index in [-0.39, 0.29) is 15.9 Å². The first-order chi connectivity index (χ1) is 16.5. The first kappa shape index (κ1) is 25.6. The first-order valence-electron chi connectivity index (χ1n) is 10.7. The van der Waals surface area contributed by atoms with Gasteiger partial charge in [0.25, 0.3) is 0 Å². The molecule has 188 valence electrons. The molecule has 1 fully saturated rings. The maximum atomic E-state index is 13.7. The number of benzene rings is 1. The molecule has 0 saturated carbocycles. The van der Waals surface area contributed by atoms with E-state index < -0.39 is 16.6 Å². The number of pyridine rings is 1. The number of fused-ring (bicyclic) bond motifs is 1. The summed E-state index contributed by atoms with van der Waals surface area (Å²) < 4.78 is 53.1. The topological polar surface area (TPSA) is 78.2 Å². The van der Waals surface area contributed by atoms with Crippen LogP contribution in [0.2, 0.25) is 10.0 Å². The fourth-order valence-corrected chi connectivity index (χ4v) is 5.42. The summed E-state index contributed by atoms with van der Waals surface area (Å²) in [6.07, 6.45) is 2.07. The van der Waals surface area contributed by atoms with Crippen molar-refractivity contribution in [1.82, 2.24) is 19.2 Å². The predicted octanol–water partition coefficient (Wildman–Crippen LogP) is 3.96. The van der Waals surface area contributed by atoms with Gasteiger partial charge in [0.2, 0.25) is 15.9 Å². The van der Waals surface area contributed by atoms with Crippen LogP contribution in [0.25, 0.3) is 16.9 Å². The van der Waals surface area contributed by atoms with Crippen molar-refractivity contribution in [2.45, 2.75) is 20.0 Å². The van der Waals surface area contributed by atoms with Gasteiger partial charge in [0.05, 0.1) is 28.4 Å². The van der Waals surface area contributed by atoms with Gasteiger partial charge in [-0.2, -0.15) is 8.78 Å². The Balaban J connectivity index is 1.83. The molecule has 0 radical (unpaired) electrons. The number of hydrogen-bond acceptors (Lipinski definition) is 5. The highest BCUT2D eigenvalue weighted by molar-refractivity contribution is 7.92. The molecule has 3 heterocycles. The molecule has 3 aromatic rings. The lowest BCUT2D eigenvalue weighted by Gasteiger charge is -2.34. The van der Waals surface area contributed by atoms with Crippen molar-refractivity contribution >= 4 is 50.5 Å². The number of carbonyl (C=O) groups excluding carboxylic acids is 1. The van der Waals surface area contributed by atoms with Gasteiger partial charge < -0.3 is 4.90 Å². The van der Waals surface area contributed by atoms with Crippen LogP contribution in [0.5, 0.6) is 0 Å². The van der Waals surface area contributed by atoms with Crippen molar-refractivity contribution in [3.63, 3.8) is 0 Å². The van der Waals surface area contributed by atoms with Gasteiger partial charge in [-0.15, -0.1) is 0 Å². The van der Waals surface area contributed by atoms with Crippen LogP contribution in [0.1, 0.15) is 12.6 Å². The second kappa shape index (κ2) is 9.88. The van der Waals surface area contributed by atoms with Crippen LogP contribution in [0.3, 0.4) is 0 Å². The Morgan fingerprint density at radius 3 is 2.40 bits per heavy atom.